The quantitative estimate of drug-likeness (QED) is 0.807. The van der Waals surface area contributed by atoms with Gasteiger partial charge in [0.05, 0.1) is 6.04 Å². The Bertz CT molecular complexity index is 615. The third-order valence-corrected chi connectivity index (χ3v) is 3.66. The number of amides is 1. The molecular formula is C19H25ClN2O2. The summed E-state index contributed by atoms with van der Waals surface area (Å²) in [5.74, 6) is 0.816. The van der Waals surface area contributed by atoms with E-state index >= 15 is 0 Å². The third kappa shape index (κ3) is 6.22. The van der Waals surface area contributed by atoms with Gasteiger partial charge in [0.1, 0.15) is 12.4 Å². The van der Waals surface area contributed by atoms with Crippen molar-refractivity contribution in [2.24, 2.45) is 11.7 Å². The predicted octanol–water partition coefficient (Wildman–Crippen LogP) is 3.29. The molecule has 5 heteroatoms. The van der Waals surface area contributed by atoms with Crippen LogP contribution in [0.3, 0.4) is 0 Å². The van der Waals surface area contributed by atoms with Gasteiger partial charge in [-0.15, -0.1) is 12.4 Å². The van der Waals surface area contributed by atoms with E-state index in [1.165, 1.54) is 0 Å². The second-order valence-electron chi connectivity index (χ2n) is 5.91. The number of nitrogens with one attached hydrogen (secondary N) is 1. The first-order valence-corrected chi connectivity index (χ1v) is 7.85. The number of carbonyl (C=O) groups is 1. The molecule has 2 rings (SSSR count). The molecule has 0 saturated heterocycles. The number of benzene rings is 2. The maximum Gasteiger partial charge on any atom is 0.237 e. The van der Waals surface area contributed by atoms with Gasteiger partial charge in [0.25, 0.3) is 0 Å². The Labute approximate surface area is 149 Å². The zero-order valence-corrected chi connectivity index (χ0v) is 14.9. The van der Waals surface area contributed by atoms with Crippen molar-refractivity contribution in [3.63, 3.8) is 0 Å². The standard InChI is InChI=1S/C19H24N2O2.ClH/c1-14(2)18(20)19(22)21-12-15-8-10-17(11-9-15)23-13-16-6-4-3-5-7-16;/h3-11,14,18H,12-13,20H2,1-2H3,(H,21,22);1H/t18-;/m1./s1. The minimum atomic E-state index is -0.469. The third-order valence-electron chi connectivity index (χ3n) is 3.66. The second-order valence-corrected chi connectivity index (χ2v) is 5.91. The van der Waals surface area contributed by atoms with Crippen molar-refractivity contribution < 1.29 is 9.53 Å². The molecule has 0 unspecified atom stereocenters. The predicted molar refractivity (Wildman–Crippen MR) is 99.1 cm³/mol. The van der Waals surface area contributed by atoms with Crippen LogP contribution in [0.1, 0.15) is 25.0 Å². The van der Waals surface area contributed by atoms with Gasteiger partial charge in [0.15, 0.2) is 0 Å². The van der Waals surface area contributed by atoms with Crippen LogP contribution in [0.4, 0.5) is 0 Å². The average Bonchev–Trinajstić information content (AvgIpc) is 2.59. The van der Waals surface area contributed by atoms with E-state index in [1.807, 2.05) is 68.4 Å². The first kappa shape index (κ1) is 20.0. The normalized spacial score (nSPS) is 11.5. The number of halogens is 1. The van der Waals surface area contributed by atoms with Gasteiger partial charge in [-0.05, 0) is 29.2 Å². The van der Waals surface area contributed by atoms with Crippen LogP contribution in [0, 0.1) is 5.92 Å². The molecule has 0 bridgehead atoms. The maximum atomic E-state index is 11.8. The monoisotopic (exact) mass is 348 g/mol. The molecule has 130 valence electrons. The molecule has 1 amide bonds. The summed E-state index contributed by atoms with van der Waals surface area (Å²) in [6.07, 6.45) is 0. The van der Waals surface area contributed by atoms with Gasteiger partial charge in [-0.1, -0.05) is 56.3 Å². The van der Waals surface area contributed by atoms with Crippen LogP contribution in [0.5, 0.6) is 5.75 Å². The van der Waals surface area contributed by atoms with Crippen LogP contribution in [-0.4, -0.2) is 11.9 Å². The highest BCUT2D eigenvalue weighted by Crippen LogP contribution is 2.14. The van der Waals surface area contributed by atoms with Crippen molar-refractivity contribution in [3.8, 4) is 5.75 Å². The lowest BCUT2D eigenvalue weighted by Crippen LogP contribution is -2.43. The van der Waals surface area contributed by atoms with Crippen molar-refractivity contribution in [1.29, 1.82) is 0 Å². The Balaban J connectivity index is 0.00000288. The minimum absolute atomic E-state index is 0. The number of hydrogen-bond donors (Lipinski definition) is 2. The van der Waals surface area contributed by atoms with E-state index in [9.17, 15) is 4.79 Å². The molecule has 0 aliphatic rings. The summed E-state index contributed by atoms with van der Waals surface area (Å²) < 4.78 is 5.73. The van der Waals surface area contributed by atoms with Crippen LogP contribution >= 0.6 is 12.4 Å². The molecule has 0 radical (unpaired) electrons. The van der Waals surface area contributed by atoms with Crippen molar-refractivity contribution >= 4 is 18.3 Å². The van der Waals surface area contributed by atoms with Crippen molar-refractivity contribution in [3.05, 3.63) is 65.7 Å². The molecule has 0 heterocycles. The van der Waals surface area contributed by atoms with E-state index in [2.05, 4.69) is 5.32 Å². The van der Waals surface area contributed by atoms with Gasteiger partial charge in [0.2, 0.25) is 5.91 Å². The smallest absolute Gasteiger partial charge is 0.237 e. The number of carbonyl (C=O) groups excluding carboxylic acids is 1. The molecule has 0 saturated carbocycles. The zero-order chi connectivity index (χ0) is 16.7. The highest BCUT2D eigenvalue weighted by molar-refractivity contribution is 5.85. The molecule has 0 spiro atoms. The minimum Gasteiger partial charge on any atom is -0.489 e. The molecular weight excluding hydrogens is 324 g/mol. The molecule has 2 aromatic carbocycles. The summed E-state index contributed by atoms with van der Waals surface area (Å²) in [5.41, 5.74) is 7.96. The molecule has 4 nitrogen and oxygen atoms in total. The number of hydrogen-bond acceptors (Lipinski definition) is 3. The van der Waals surface area contributed by atoms with Crippen LogP contribution in [-0.2, 0) is 17.9 Å². The van der Waals surface area contributed by atoms with Gasteiger partial charge in [0, 0.05) is 6.54 Å². The Morgan fingerprint density at radius 3 is 2.25 bits per heavy atom. The van der Waals surface area contributed by atoms with Crippen LogP contribution in [0.2, 0.25) is 0 Å². The van der Waals surface area contributed by atoms with Crippen molar-refractivity contribution in [1.82, 2.24) is 5.32 Å². The largest absolute Gasteiger partial charge is 0.489 e. The van der Waals surface area contributed by atoms with E-state index < -0.39 is 6.04 Å². The van der Waals surface area contributed by atoms with E-state index in [1.54, 1.807) is 0 Å². The topological polar surface area (TPSA) is 64.4 Å². The zero-order valence-electron chi connectivity index (χ0n) is 14.1. The molecule has 0 aliphatic carbocycles. The molecule has 2 aromatic rings. The highest BCUT2D eigenvalue weighted by atomic mass is 35.5. The Morgan fingerprint density at radius 2 is 1.67 bits per heavy atom. The fourth-order valence-corrected chi connectivity index (χ4v) is 2.05. The fourth-order valence-electron chi connectivity index (χ4n) is 2.05. The Kier molecular flexibility index (Phi) is 8.30. The van der Waals surface area contributed by atoms with Gasteiger partial charge in [-0.3, -0.25) is 4.79 Å². The summed E-state index contributed by atoms with van der Waals surface area (Å²) >= 11 is 0. The van der Waals surface area contributed by atoms with Crippen LogP contribution in [0.15, 0.2) is 54.6 Å². The van der Waals surface area contributed by atoms with Crippen molar-refractivity contribution in [2.45, 2.75) is 33.0 Å². The van der Waals surface area contributed by atoms with Gasteiger partial charge >= 0.3 is 0 Å². The lowest BCUT2D eigenvalue weighted by molar-refractivity contribution is -0.123. The van der Waals surface area contributed by atoms with Gasteiger partial charge < -0.3 is 15.8 Å². The molecule has 24 heavy (non-hydrogen) atoms. The van der Waals surface area contributed by atoms with Crippen LogP contribution < -0.4 is 15.8 Å². The van der Waals surface area contributed by atoms with Gasteiger partial charge in [-0.25, -0.2) is 0 Å². The summed E-state index contributed by atoms with van der Waals surface area (Å²) in [4.78, 5) is 11.8. The lowest BCUT2D eigenvalue weighted by atomic mass is 10.0. The second kappa shape index (κ2) is 9.96. The highest BCUT2D eigenvalue weighted by Gasteiger charge is 2.16. The number of ether oxygens (including phenoxy) is 1. The molecule has 3 N–H and O–H groups in total. The van der Waals surface area contributed by atoms with E-state index in [-0.39, 0.29) is 24.2 Å². The Morgan fingerprint density at radius 1 is 1.04 bits per heavy atom. The number of nitrogens with two attached hydrogens (primary N) is 1. The fraction of sp³-hybridized carbons (Fsp3) is 0.316. The number of rotatable bonds is 7. The van der Waals surface area contributed by atoms with Gasteiger partial charge in [-0.2, -0.15) is 0 Å². The maximum absolute atomic E-state index is 11.8. The van der Waals surface area contributed by atoms with Crippen molar-refractivity contribution in [2.75, 3.05) is 0 Å². The summed E-state index contributed by atoms with van der Waals surface area (Å²) in [6.45, 7) is 4.88. The first-order valence-electron chi connectivity index (χ1n) is 7.85. The van der Waals surface area contributed by atoms with E-state index in [0.29, 0.717) is 13.2 Å². The van der Waals surface area contributed by atoms with Crippen LogP contribution in [0.25, 0.3) is 0 Å². The van der Waals surface area contributed by atoms with E-state index in [0.717, 1.165) is 16.9 Å². The summed E-state index contributed by atoms with van der Waals surface area (Å²) in [5, 5.41) is 2.85. The SMILES string of the molecule is CC(C)[C@@H](N)C(=O)NCc1ccc(OCc2ccccc2)cc1.Cl. The first-order chi connectivity index (χ1) is 11.1. The Hall–Kier alpha value is -2.04. The molecule has 0 aliphatic heterocycles. The molecule has 1 atom stereocenters. The summed E-state index contributed by atoms with van der Waals surface area (Å²) in [7, 11) is 0. The lowest BCUT2D eigenvalue weighted by Gasteiger charge is -2.15. The molecule has 0 fully saturated rings. The molecule has 0 aromatic heterocycles. The average molecular weight is 349 g/mol. The summed E-state index contributed by atoms with van der Waals surface area (Å²) in [6, 6.07) is 17.3. The van der Waals surface area contributed by atoms with E-state index in [4.69, 9.17) is 10.5 Å².